The SMILES string of the molecule is CCC(C)CNC(=O)NCCOCC(=O)O. The van der Waals surface area contributed by atoms with Gasteiger partial charge in [-0.25, -0.2) is 9.59 Å². The number of carboxylic acid groups (broad SMARTS) is 1. The second-order valence-corrected chi connectivity index (χ2v) is 3.60. The molecule has 0 radical (unpaired) electrons. The molecule has 0 aliphatic carbocycles. The molecular formula is C10H20N2O4. The van der Waals surface area contributed by atoms with Crippen LogP contribution in [-0.4, -0.2) is 43.4 Å². The molecular weight excluding hydrogens is 212 g/mol. The first-order valence-corrected chi connectivity index (χ1v) is 5.37. The van der Waals surface area contributed by atoms with E-state index in [4.69, 9.17) is 9.84 Å². The van der Waals surface area contributed by atoms with Crippen LogP contribution in [0.25, 0.3) is 0 Å². The Balaban J connectivity index is 3.33. The second-order valence-electron chi connectivity index (χ2n) is 3.60. The molecule has 0 aliphatic heterocycles. The number of hydrogen-bond donors (Lipinski definition) is 3. The van der Waals surface area contributed by atoms with Crippen molar-refractivity contribution in [3.8, 4) is 0 Å². The highest BCUT2D eigenvalue weighted by Gasteiger charge is 2.02. The smallest absolute Gasteiger partial charge is 0.329 e. The predicted octanol–water partition coefficient (Wildman–Crippen LogP) is 0.433. The van der Waals surface area contributed by atoms with Crippen molar-refractivity contribution in [1.29, 1.82) is 0 Å². The summed E-state index contributed by atoms with van der Waals surface area (Å²) in [7, 11) is 0. The fraction of sp³-hybridized carbons (Fsp3) is 0.800. The van der Waals surface area contributed by atoms with Gasteiger partial charge in [-0.1, -0.05) is 20.3 Å². The number of nitrogens with one attached hydrogen (secondary N) is 2. The molecule has 1 unspecified atom stereocenters. The van der Waals surface area contributed by atoms with E-state index in [2.05, 4.69) is 24.5 Å². The van der Waals surface area contributed by atoms with E-state index in [1.807, 2.05) is 0 Å². The zero-order valence-corrected chi connectivity index (χ0v) is 9.78. The Hall–Kier alpha value is -1.30. The molecule has 0 spiro atoms. The van der Waals surface area contributed by atoms with E-state index in [-0.39, 0.29) is 19.2 Å². The molecule has 16 heavy (non-hydrogen) atoms. The minimum absolute atomic E-state index is 0.197. The van der Waals surface area contributed by atoms with E-state index < -0.39 is 5.97 Å². The number of carboxylic acids is 1. The van der Waals surface area contributed by atoms with Gasteiger partial charge in [-0.3, -0.25) is 0 Å². The van der Waals surface area contributed by atoms with Crippen LogP contribution in [0.2, 0.25) is 0 Å². The number of urea groups is 1. The number of rotatable bonds is 8. The standard InChI is InChI=1S/C10H20N2O4/c1-3-8(2)6-12-10(15)11-4-5-16-7-9(13)14/h8H,3-7H2,1-2H3,(H,13,14)(H2,11,12,15). The Kier molecular flexibility index (Phi) is 8.24. The summed E-state index contributed by atoms with van der Waals surface area (Å²) >= 11 is 0. The van der Waals surface area contributed by atoms with E-state index in [0.717, 1.165) is 6.42 Å². The quantitative estimate of drug-likeness (QED) is 0.530. The zero-order valence-electron chi connectivity index (χ0n) is 9.78. The summed E-state index contributed by atoms with van der Waals surface area (Å²) in [5.41, 5.74) is 0. The first kappa shape index (κ1) is 14.7. The topological polar surface area (TPSA) is 87.7 Å². The molecule has 0 aliphatic rings. The van der Waals surface area contributed by atoms with Crippen LogP contribution in [0.4, 0.5) is 4.79 Å². The van der Waals surface area contributed by atoms with E-state index in [1.54, 1.807) is 0 Å². The minimum Gasteiger partial charge on any atom is -0.480 e. The van der Waals surface area contributed by atoms with E-state index in [0.29, 0.717) is 19.0 Å². The number of carbonyl (C=O) groups is 2. The van der Waals surface area contributed by atoms with Crippen LogP contribution < -0.4 is 10.6 Å². The van der Waals surface area contributed by atoms with Crippen LogP contribution in [0.15, 0.2) is 0 Å². The number of ether oxygens (including phenoxy) is 1. The van der Waals surface area contributed by atoms with Crippen molar-refractivity contribution in [2.24, 2.45) is 5.92 Å². The highest BCUT2D eigenvalue weighted by Crippen LogP contribution is 1.96. The summed E-state index contributed by atoms with van der Waals surface area (Å²) in [6.07, 6.45) is 1.02. The van der Waals surface area contributed by atoms with E-state index in [1.165, 1.54) is 0 Å². The maximum Gasteiger partial charge on any atom is 0.329 e. The Labute approximate surface area is 95.4 Å². The predicted molar refractivity (Wildman–Crippen MR) is 59.3 cm³/mol. The Bertz CT molecular complexity index is 221. The molecule has 0 heterocycles. The van der Waals surface area contributed by atoms with Gasteiger partial charge in [0.25, 0.3) is 0 Å². The summed E-state index contributed by atoms with van der Waals surface area (Å²) in [5.74, 6) is -0.560. The monoisotopic (exact) mass is 232 g/mol. The summed E-state index contributed by atoms with van der Waals surface area (Å²) in [6.45, 7) is 4.91. The van der Waals surface area contributed by atoms with Crippen molar-refractivity contribution in [3.05, 3.63) is 0 Å². The van der Waals surface area contributed by atoms with Gasteiger partial charge in [0.05, 0.1) is 6.61 Å². The summed E-state index contributed by atoms with van der Waals surface area (Å²) in [4.78, 5) is 21.2. The van der Waals surface area contributed by atoms with Gasteiger partial charge in [0.2, 0.25) is 0 Å². The third-order valence-electron chi connectivity index (χ3n) is 2.07. The fourth-order valence-electron chi connectivity index (χ4n) is 0.870. The molecule has 6 nitrogen and oxygen atoms in total. The van der Waals surface area contributed by atoms with Crippen molar-refractivity contribution in [1.82, 2.24) is 10.6 Å². The van der Waals surface area contributed by atoms with Crippen LogP contribution >= 0.6 is 0 Å². The highest BCUT2D eigenvalue weighted by molar-refractivity contribution is 5.73. The Morgan fingerprint density at radius 1 is 1.38 bits per heavy atom. The molecule has 0 bridgehead atoms. The molecule has 0 saturated heterocycles. The lowest BCUT2D eigenvalue weighted by molar-refractivity contribution is -0.142. The van der Waals surface area contributed by atoms with Gasteiger partial charge < -0.3 is 20.5 Å². The fourth-order valence-corrected chi connectivity index (χ4v) is 0.870. The van der Waals surface area contributed by atoms with E-state index in [9.17, 15) is 9.59 Å². The molecule has 0 aromatic rings. The number of aliphatic carboxylic acids is 1. The summed E-state index contributed by atoms with van der Waals surface area (Å²) in [6, 6.07) is -0.251. The molecule has 2 amide bonds. The van der Waals surface area contributed by atoms with Gasteiger partial charge in [0.15, 0.2) is 0 Å². The van der Waals surface area contributed by atoms with Crippen molar-refractivity contribution >= 4 is 12.0 Å². The maximum absolute atomic E-state index is 11.2. The van der Waals surface area contributed by atoms with Crippen molar-refractivity contribution < 1.29 is 19.4 Å². The normalized spacial score (nSPS) is 11.9. The van der Waals surface area contributed by atoms with Crippen molar-refractivity contribution in [2.45, 2.75) is 20.3 Å². The van der Waals surface area contributed by atoms with Gasteiger partial charge in [-0.05, 0) is 5.92 Å². The van der Waals surface area contributed by atoms with Gasteiger partial charge in [0.1, 0.15) is 6.61 Å². The molecule has 94 valence electrons. The first-order valence-electron chi connectivity index (χ1n) is 5.37. The zero-order chi connectivity index (χ0) is 12.4. The van der Waals surface area contributed by atoms with E-state index >= 15 is 0 Å². The minimum atomic E-state index is -1.01. The molecule has 0 aromatic heterocycles. The van der Waals surface area contributed by atoms with Crippen LogP contribution in [0.3, 0.4) is 0 Å². The molecule has 3 N–H and O–H groups in total. The van der Waals surface area contributed by atoms with Crippen molar-refractivity contribution in [2.75, 3.05) is 26.3 Å². The van der Waals surface area contributed by atoms with Crippen LogP contribution in [-0.2, 0) is 9.53 Å². The Morgan fingerprint density at radius 3 is 2.62 bits per heavy atom. The molecule has 0 aromatic carbocycles. The average molecular weight is 232 g/mol. The third-order valence-corrected chi connectivity index (χ3v) is 2.07. The lowest BCUT2D eigenvalue weighted by Crippen LogP contribution is -2.39. The van der Waals surface area contributed by atoms with Crippen LogP contribution in [0.5, 0.6) is 0 Å². The van der Waals surface area contributed by atoms with Gasteiger partial charge in [0, 0.05) is 13.1 Å². The van der Waals surface area contributed by atoms with Gasteiger partial charge >= 0.3 is 12.0 Å². The Morgan fingerprint density at radius 2 is 2.06 bits per heavy atom. The first-order chi connectivity index (χ1) is 7.56. The van der Waals surface area contributed by atoms with Crippen LogP contribution in [0, 0.1) is 5.92 Å². The van der Waals surface area contributed by atoms with Crippen molar-refractivity contribution in [3.63, 3.8) is 0 Å². The summed E-state index contributed by atoms with van der Waals surface area (Å²) in [5, 5.41) is 13.5. The van der Waals surface area contributed by atoms with Gasteiger partial charge in [-0.15, -0.1) is 0 Å². The largest absolute Gasteiger partial charge is 0.480 e. The summed E-state index contributed by atoms with van der Waals surface area (Å²) < 4.78 is 4.75. The molecule has 0 saturated carbocycles. The van der Waals surface area contributed by atoms with Gasteiger partial charge in [-0.2, -0.15) is 0 Å². The molecule has 0 rings (SSSR count). The van der Waals surface area contributed by atoms with Crippen LogP contribution in [0.1, 0.15) is 20.3 Å². The molecule has 0 fully saturated rings. The highest BCUT2D eigenvalue weighted by atomic mass is 16.5. The lowest BCUT2D eigenvalue weighted by Gasteiger charge is -2.11. The molecule has 6 heteroatoms. The maximum atomic E-state index is 11.2. The third kappa shape index (κ3) is 9.26. The number of carbonyl (C=O) groups excluding carboxylic acids is 1. The number of amides is 2. The lowest BCUT2D eigenvalue weighted by atomic mass is 10.1. The average Bonchev–Trinajstić information content (AvgIpc) is 2.24. The number of hydrogen-bond acceptors (Lipinski definition) is 3. The molecule has 1 atom stereocenters. The second kappa shape index (κ2) is 8.96.